The van der Waals surface area contributed by atoms with Crippen LogP contribution in [0, 0.1) is 0 Å². The van der Waals surface area contributed by atoms with Crippen molar-refractivity contribution in [1.82, 2.24) is 5.43 Å². The van der Waals surface area contributed by atoms with Crippen LogP contribution in [0.2, 0.25) is 5.02 Å². The zero-order valence-electron chi connectivity index (χ0n) is 13.8. The molecule has 1 aromatic heterocycles. The van der Waals surface area contributed by atoms with E-state index in [2.05, 4.69) is 10.5 Å². The highest BCUT2D eigenvalue weighted by molar-refractivity contribution is 7.21. The predicted octanol–water partition coefficient (Wildman–Crippen LogP) is 5.35. The summed E-state index contributed by atoms with van der Waals surface area (Å²) in [7, 11) is 1.53. The molecule has 1 heterocycles. The van der Waals surface area contributed by atoms with Gasteiger partial charge in [-0.05, 0) is 24.3 Å². The molecule has 2 aromatic carbocycles. The number of methoxy groups -OCH3 is 1. The summed E-state index contributed by atoms with van der Waals surface area (Å²) in [5.41, 5.74) is 1.22. The van der Waals surface area contributed by atoms with Crippen molar-refractivity contribution in [3.63, 3.8) is 0 Å². The maximum atomic E-state index is 13.0. The van der Waals surface area contributed by atoms with Crippen molar-refractivity contribution < 1.29 is 22.7 Å². The number of thiophene rings is 1. The highest BCUT2D eigenvalue weighted by atomic mass is 35.5. The number of rotatable bonds is 4. The number of halogens is 4. The smallest absolute Gasteiger partial charge is 0.417 e. The lowest BCUT2D eigenvalue weighted by molar-refractivity contribution is -0.137. The minimum absolute atomic E-state index is 0.155. The van der Waals surface area contributed by atoms with Crippen molar-refractivity contribution in [3.05, 3.63) is 63.5 Å². The van der Waals surface area contributed by atoms with Gasteiger partial charge in [-0.2, -0.15) is 18.3 Å². The molecule has 3 aromatic rings. The maximum Gasteiger partial charge on any atom is 0.417 e. The third kappa shape index (κ3) is 4.06. The first-order valence-corrected chi connectivity index (χ1v) is 8.76. The Kier molecular flexibility index (Phi) is 5.38. The molecule has 0 saturated carbocycles. The monoisotopic (exact) mass is 412 g/mol. The van der Waals surface area contributed by atoms with Gasteiger partial charge < -0.3 is 4.74 Å². The number of amides is 1. The highest BCUT2D eigenvalue weighted by Gasteiger charge is 2.32. The van der Waals surface area contributed by atoms with E-state index in [1.807, 2.05) is 0 Å². The van der Waals surface area contributed by atoms with E-state index in [1.54, 1.807) is 18.2 Å². The molecule has 0 bridgehead atoms. The van der Waals surface area contributed by atoms with Gasteiger partial charge in [0.1, 0.15) is 10.6 Å². The molecule has 0 unspecified atom stereocenters. The Hall–Kier alpha value is -2.58. The van der Waals surface area contributed by atoms with Gasteiger partial charge in [0, 0.05) is 15.6 Å². The van der Waals surface area contributed by atoms with E-state index in [9.17, 15) is 18.0 Å². The van der Waals surface area contributed by atoms with Gasteiger partial charge in [0.05, 0.1) is 23.9 Å². The van der Waals surface area contributed by atoms with E-state index in [1.165, 1.54) is 25.3 Å². The second-order valence-corrected chi connectivity index (χ2v) is 6.82. The van der Waals surface area contributed by atoms with Crippen LogP contribution < -0.4 is 10.2 Å². The third-order valence-corrected chi connectivity index (χ3v) is 5.33. The average molecular weight is 413 g/mol. The van der Waals surface area contributed by atoms with E-state index in [-0.39, 0.29) is 15.5 Å². The van der Waals surface area contributed by atoms with Crippen LogP contribution in [0.5, 0.6) is 5.75 Å². The number of fused-ring (bicyclic) bond motifs is 1. The van der Waals surface area contributed by atoms with Gasteiger partial charge >= 0.3 is 6.18 Å². The minimum Gasteiger partial charge on any atom is -0.497 e. The molecule has 1 amide bonds. The van der Waals surface area contributed by atoms with Crippen LogP contribution >= 0.6 is 22.9 Å². The second-order valence-electron chi connectivity index (χ2n) is 5.39. The number of hydrogen-bond acceptors (Lipinski definition) is 4. The summed E-state index contributed by atoms with van der Waals surface area (Å²) in [6.45, 7) is 0. The molecule has 3 rings (SSSR count). The Morgan fingerprint density at radius 1 is 1.26 bits per heavy atom. The van der Waals surface area contributed by atoms with E-state index in [0.717, 1.165) is 28.3 Å². The van der Waals surface area contributed by atoms with Crippen molar-refractivity contribution in [3.8, 4) is 5.75 Å². The normalized spacial score (nSPS) is 11.9. The van der Waals surface area contributed by atoms with Gasteiger partial charge in [0.25, 0.3) is 5.91 Å². The fourth-order valence-electron chi connectivity index (χ4n) is 2.40. The Bertz CT molecular complexity index is 1030. The minimum atomic E-state index is -4.51. The summed E-state index contributed by atoms with van der Waals surface area (Å²) in [5, 5.41) is 4.57. The van der Waals surface area contributed by atoms with Crippen molar-refractivity contribution >= 4 is 45.1 Å². The van der Waals surface area contributed by atoms with Crippen LogP contribution in [-0.4, -0.2) is 19.2 Å². The van der Waals surface area contributed by atoms with Gasteiger partial charge in [-0.15, -0.1) is 11.3 Å². The van der Waals surface area contributed by atoms with E-state index < -0.39 is 17.6 Å². The van der Waals surface area contributed by atoms with Crippen LogP contribution in [0.15, 0.2) is 47.6 Å². The molecule has 0 saturated heterocycles. The van der Waals surface area contributed by atoms with Crippen molar-refractivity contribution in [2.24, 2.45) is 5.10 Å². The summed E-state index contributed by atoms with van der Waals surface area (Å²) < 4.78 is 44.7. The Balaban J connectivity index is 1.82. The van der Waals surface area contributed by atoms with E-state index >= 15 is 0 Å². The molecule has 0 aliphatic rings. The Morgan fingerprint density at radius 3 is 2.70 bits per heavy atom. The number of hydrazone groups is 1. The number of hydrogen-bond donors (Lipinski definition) is 1. The van der Waals surface area contributed by atoms with Crippen LogP contribution in [-0.2, 0) is 6.18 Å². The topological polar surface area (TPSA) is 50.7 Å². The SMILES string of the molecule is COc1ccc2c(Cl)c(C(=O)N/N=C\c3ccccc3C(F)(F)F)sc2c1. The number of carbonyl (C=O) groups is 1. The number of alkyl halides is 3. The molecular formula is C18H12ClF3N2O2S. The van der Waals surface area contributed by atoms with Gasteiger partial charge in [-0.25, -0.2) is 5.43 Å². The highest BCUT2D eigenvalue weighted by Crippen LogP contribution is 2.37. The molecule has 0 radical (unpaired) electrons. The van der Waals surface area contributed by atoms with E-state index in [4.69, 9.17) is 16.3 Å². The fourth-order valence-corrected chi connectivity index (χ4v) is 3.83. The van der Waals surface area contributed by atoms with Crippen LogP contribution in [0.4, 0.5) is 13.2 Å². The molecule has 1 N–H and O–H groups in total. The molecule has 0 atom stereocenters. The lowest BCUT2D eigenvalue weighted by Crippen LogP contribution is -2.17. The number of nitrogens with one attached hydrogen (secondary N) is 1. The van der Waals surface area contributed by atoms with Crippen LogP contribution in [0.3, 0.4) is 0 Å². The Labute approximate surface area is 161 Å². The molecule has 140 valence electrons. The quantitative estimate of drug-likeness (QED) is 0.464. The Morgan fingerprint density at radius 2 is 2.00 bits per heavy atom. The summed E-state index contributed by atoms with van der Waals surface area (Å²) in [6, 6.07) is 10.1. The lowest BCUT2D eigenvalue weighted by Gasteiger charge is -2.09. The number of benzene rings is 2. The molecular weight excluding hydrogens is 401 g/mol. The van der Waals surface area contributed by atoms with Gasteiger partial charge in [-0.1, -0.05) is 29.8 Å². The van der Waals surface area contributed by atoms with Gasteiger partial charge in [-0.3, -0.25) is 4.79 Å². The largest absolute Gasteiger partial charge is 0.497 e. The van der Waals surface area contributed by atoms with Crippen molar-refractivity contribution in [2.45, 2.75) is 6.18 Å². The first-order valence-electron chi connectivity index (χ1n) is 7.57. The number of ether oxygens (including phenoxy) is 1. The molecule has 0 aliphatic heterocycles. The first kappa shape index (κ1) is 19.2. The second kappa shape index (κ2) is 7.58. The number of carbonyl (C=O) groups excluding carboxylic acids is 1. The number of nitrogens with zero attached hydrogens (tertiary/aromatic N) is 1. The third-order valence-electron chi connectivity index (χ3n) is 3.68. The zero-order chi connectivity index (χ0) is 19.6. The lowest BCUT2D eigenvalue weighted by atomic mass is 10.1. The molecule has 0 spiro atoms. The molecule has 9 heteroatoms. The van der Waals surface area contributed by atoms with Gasteiger partial charge in [0.2, 0.25) is 0 Å². The summed E-state index contributed by atoms with van der Waals surface area (Å²) in [6.07, 6.45) is -3.56. The fraction of sp³-hybridized carbons (Fsp3) is 0.111. The van der Waals surface area contributed by atoms with Gasteiger partial charge in [0.15, 0.2) is 0 Å². The average Bonchev–Trinajstić information content (AvgIpc) is 2.97. The standard InChI is InChI=1S/C18H12ClF3N2O2S/c1-26-11-6-7-12-14(8-11)27-16(15(12)19)17(25)24-23-9-10-4-2-3-5-13(10)18(20,21)22/h2-9H,1H3,(H,24,25)/b23-9-. The van der Waals surface area contributed by atoms with Crippen molar-refractivity contribution in [1.29, 1.82) is 0 Å². The summed E-state index contributed by atoms with van der Waals surface area (Å²) in [5.74, 6) is 0.00931. The maximum absolute atomic E-state index is 13.0. The summed E-state index contributed by atoms with van der Waals surface area (Å²) in [4.78, 5) is 12.5. The molecule has 0 fully saturated rings. The van der Waals surface area contributed by atoms with Crippen LogP contribution in [0.25, 0.3) is 10.1 Å². The van der Waals surface area contributed by atoms with E-state index in [0.29, 0.717) is 11.1 Å². The zero-order valence-corrected chi connectivity index (χ0v) is 15.4. The predicted molar refractivity (Wildman–Crippen MR) is 99.9 cm³/mol. The molecule has 4 nitrogen and oxygen atoms in total. The van der Waals surface area contributed by atoms with Crippen LogP contribution in [0.1, 0.15) is 20.8 Å². The molecule has 0 aliphatic carbocycles. The summed E-state index contributed by atoms with van der Waals surface area (Å²) >= 11 is 7.37. The van der Waals surface area contributed by atoms with Crippen molar-refractivity contribution in [2.75, 3.05) is 7.11 Å². The molecule has 27 heavy (non-hydrogen) atoms. The first-order chi connectivity index (χ1) is 12.8.